The number of ether oxygens (including phenoxy) is 2. The van der Waals surface area contributed by atoms with Crippen LogP contribution in [-0.2, 0) is 4.79 Å². The Morgan fingerprint density at radius 2 is 1.64 bits per heavy atom. The Morgan fingerprint density at radius 1 is 1.05 bits per heavy atom. The van der Waals surface area contributed by atoms with Crippen LogP contribution in [0.4, 0.5) is 0 Å². The Bertz CT molecular complexity index is 583. The van der Waals surface area contributed by atoms with E-state index in [0.29, 0.717) is 47.7 Å². The summed E-state index contributed by atoms with van der Waals surface area (Å²) in [6.45, 7) is 3.66. The fourth-order valence-electron chi connectivity index (χ4n) is 2.45. The lowest BCUT2D eigenvalue weighted by atomic mass is 10.1. The molecule has 0 unspecified atom stereocenters. The van der Waals surface area contributed by atoms with E-state index in [1.807, 2.05) is 0 Å². The van der Waals surface area contributed by atoms with Gasteiger partial charge in [0.2, 0.25) is 5.91 Å². The van der Waals surface area contributed by atoms with Gasteiger partial charge in [-0.3, -0.25) is 9.59 Å². The van der Waals surface area contributed by atoms with E-state index in [-0.39, 0.29) is 11.8 Å². The Morgan fingerprint density at radius 3 is 2.14 bits per heavy atom. The fraction of sp³-hybridized carbons (Fsp3) is 0.467. The number of methoxy groups -OCH3 is 2. The lowest BCUT2D eigenvalue weighted by Gasteiger charge is -2.34. The molecule has 1 aliphatic rings. The van der Waals surface area contributed by atoms with Crippen LogP contribution in [-0.4, -0.2) is 62.0 Å². The predicted molar refractivity (Wildman–Crippen MR) is 85.4 cm³/mol. The number of hydrogen-bond acceptors (Lipinski definition) is 4. The van der Waals surface area contributed by atoms with Crippen LogP contribution in [0.5, 0.6) is 11.5 Å². The summed E-state index contributed by atoms with van der Waals surface area (Å²) < 4.78 is 11.2. The zero-order chi connectivity index (χ0) is 16.3. The maximum absolute atomic E-state index is 12.7. The van der Waals surface area contributed by atoms with Gasteiger partial charge in [0, 0.05) is 33.1 Å². The third kappa shape index (κ3) is 3.35. The first kappa shape index (κ1) is 16.6. The maximum Gasteiger partial charge on any atom is 0.257 e. The number of amides is 2. The van der Waals surface area contributed by atoms with Gasteiger partial charge in [-0.05, 0) is 28.1 Å². The van der Waals surface area contributed by atoms with Gasteiger partial charge in [-0.1, -0.05) is 0 Å². The van der Waals surface area contributed by atoms with Gasteiger partial charge in [-0.25, -0.2) is 0 Å². The molecule has 1 saturated heterocycles. The number of benzene rings is 1. The highest BCUT2D eigenvalue weighted by Gasteiger charge is 2.26. The molecule has 0 aromatic heterocycles. The number of carbonyl (C=O) groups is 2. The Labute approximate surface area is 138 Å². The van der Waals surface area contributed by atoms with Crippen LogP contribution in [0.15, 0.2) is 16.6 Å². The van der Waals surface area contributed by atoms with Crippen LogP contribution in [0.25, 0.3) is 0 Å². The first-order valence-corrected chi connectivity index (χ1v) is 7.73. The molecular weight excluding hydrogens is 352 g/mol. The van der Waals surface area contributed by atoms with Crippen molar-refractivity contribution in [3.63, 3.8) is 0 Å². The monoisotopic (exact) mass is 370 g/mol. The molecule has 1 aliphatic heterocycles. The molecule has 2 rings (SSSR count). The minimum Gasteiger partial charge on any atom is -0.497 e. The summed E-state index contributed by atoms with van der Waals surface area (Å²) in [5.74, 6) is 0.978. The molecule has 0 saturated carbocycles. The highest BCUT2D eigenvalue weighted by atomic mass is 79.9. The summed E-state index contributed by atoms with van der Waals surface area (Å²) in [6, 6.07) is 3.42. The van der Waals surface area contributed by atoms with Crippen molar-refractivity contribution in [1.29, 1.82) is 0 Å². The van der Waals surface area contributed by atoms with E-state index in [1.54, 1.807) is 36.0 Å². The van der Waals surface area contributed by atoms with Crippen LogP contribution >= 0.6 is 15.9 Å². The van der Waals surface area contributed by atoms with Crippen molar-refractivity contribution in [3.8, 4) is 11.5 Å². The van der Waals surface area contributed by atoms with Gasteiger partial charge < -0.3 is 19.3 Å². The van der Waals surface area contributed by atoms with E-state index in [1.165, 1.54) is 7.11 Å². The van der Waals surface area contributed by atoms with Crippen LogP contribution in [0.3, 0.4) is 0 Å². The molecule has 7 heteroatoms. The van der Waals surface area contributed by atoms with Crippen LogP contribution in [0.1, 0.15) is 17.3 Å². The second-order valence-corrected chi connectivity index (χ2v) is 5.84. The van der Waals surface area contributed by atoms with Crippen molar-refractivity contribution in [2.45, 2.75) is 6.92 Å². The minimum absolute atomic E-state index is 0.0359. The summed E-state index contributed by atoms with van der Waals surface area (Å²) in [7, 11) is 3.07. The molecule has 1 fully saturated rings. The fourth-order valence-corrected chi connectivity index (χ4v) is 3.05. The molecule has 120 valence electrons. The molecule has 2 amide bonds. The molecule has 1 aromatic rings. The lowest BCUT2D eigenvalue weighted by Crippen LogP contribution is -2.50. The van der Waals surface area contributed by atoms with E-state index >= 15 is 0 Å². The van der Waals surface area contributed by atoms with Crippen molar-refractivity contribution in [2.75, 3.05) is 40.4 Å². The highest BCUT2D eigenvalue weighted by Crippen LogP contribution is 2.34. The summed E-state index contributed by atoms with van der Waals surface area (Å²) in [4.78, 5) is 27.6. The second-order valence-electron chi connectivity index (χ2n) is 4.99. The number of hydrogen-bond donors (Lipinski definition) is 0. The Kier molecular flexibility index (Phi) is 5.28. The normalized spacial score (nSPS) is 14.7. The zero-order valence-electron chi connectivity index (χ0n) is 12.9. The summed E-state index contributed by atoms with van der Waals surface area (Å²) >= 11 is 3.39. The van der Waals surface area contributed by atoms with E-state index in [9.17, 15) is 9.59 Å². The zero-order valence-corrected chi connectivity index (χ0v) is 14.5. The van der Waals surface area contributed by atoms with E-state index in [2.05, 4.69) is 15.9 Å². The topological polar surface area (TPSA) is 59.1 Å². The van der Waals surface area contributed by atoms with Gasteiger partial charge in [0.05, 0.1) is 24.3 Å². The van der Waals surface area contributed by atoms with Crippen molar-refractivity contribution >= 4 is 27.7 Å². The summed E-state index contributed by atoms with van der Waals surface area (Å²) in [5, 5.41) is 0. The summed E-state index contributed by atoms with van der Waals surface area (Å²) in [5.41, 5.74) is 0.449. The van der Waals surface area contributed by atoms with Crippen LogP contribution in [0.2, 0.25) is 0 Å². The predicted octanol–water partition coefficient (Wildman–Crippen LogP) is 1.77. The number of nitrogens with zero attached hydrogens (tertiary/aromatic N) is 2. The van der Waals surface area contributed by atoms with Crippen molar-refractivity contribution in [3.05, 3.63) is 22.2 Å². The van der Waals surface area contributed by atoms with Gasteiger partial charge >= 0.3 is 0 Å². The molecule has 6 nitrogen and oxygen atoms in total. The number of rotatable bonds is 3. The van der Waals surface area contributed by atoms with Gasteiger partial charge in [0.1, 0.15) is 11.5 Å². The van der Waals surface area contributed by atoms with E-state index in [0.717, 1.165) is 0 Å². The van der Waals surface area contributed by atoms with Gasteiger partial charge in [0.25, 0.3) is 5.91 Å². The smallest absolute Gasteiger partial charge is 0.257 e. The SMILES string of the molecule is COc1cc(Br)c(OC)c(C(=O)N2CCN(C(C)=O)CC2)c1. The minimum atomic E-state index is -0.125. The molecule has 0 N–H and O–H groups in total. The van der Waals surface area contributed by atoms with Gasteiger partial charge in [0.15, 0.2) is 0 Å². The third-order valence-corrected chi connectivity index (χ3v) is 4.29. The van der Waals surface area contributed by atoms with Crippen molar-refractivity contribution < 1.29 is 19.1 Å². The van der Waals surface area contributed by atoms with Crippen molar-refractivity contribution in [1.82, 2.24) is 9.80 Å². The van der Waals surface area contributed by atoms with Gasteiger partial charge in [-0.15, -0.1) is 0 Å². The first-order chi connectivity index (χ1) is 10.5. The summed E-state index contributed by atoms with van der Waals surface area (Å²) in [6.07, 6.45) is 0. The van der Waals surface area contributed by atoms with Crippen LogP contribution < -0.4 is 9.47 Å². The standard InChI is InChI=1S/C15H19BrN2O4/c1-10(19)17-4-6-18(7-5-17)15(20)12-8-11(21-2)9-13(16)14(12)22-3/h8-9H,4-7H2,1-3H3. The lowest BCUT2D eigenvalue weighted by molar-refractivity contribution is -0.130. The molecule has 0 bridgehead atoms. The quantitative estimate of drug-likeness (QED) is 0.813. The van der Waals surface area contributed by atoms with E-state index in [4.69, 9.17) is 9.47 Å². The molecule has 22 heavy (non-hydrogen) atoms. The highest BCUT2D eigenvalue weighted by molar-refractivity contribution is 9.10. The molecular formula is C15H19BrN2O4. The maximum atomic E-state index is 12.7. The number of carbonyl (C=O) groups excluding carboxylic acids is 2. The average Bonchev–Trinajstić information content (AvgIpc) is 2.53. The van der Waals surface area contributed by atoms with Gasteiger partial charge in [-0.2, -0.15) is 0 Å². The Hall–Kier alpha value is -1.76. The first-order valence-electron chi connectivity index (χ1n) is 6.94. The number of piperazine rings is 1. The van der Waals surface area contributed by atoms with E-state index < -0.39 is 0 Å². The third-order valence-electron chi connectivity index (χ3n) is 3.70. The molecule has 1 heterocycles. The largest absolute Gasteiger partial charge is 0.497 e. The molecule has 0 aliphatic carbocycles. The Balaban J connectivity index is 2.23. The van der Waals surface area contributed by atoms with Crippen molar-refractivity contribution in [2.24, 2.45) is 0 Å². The van der Waals surface area contributed by atoms with Crippen LogP contribution in [0, 0.1) is 0 Å². The average molecular weight is 371 g/mol. The molecule has 1 aromatic carbocycles. The second kappa shape index (κ2) is 7.00. The number of halogens is 1. The molecule has 0 spiro atoms. The molecule has 0 atom stereocenters. The molecule has 0 radical (unpaired) electrons.